The number of fused-ring (bicyclic) bond motifs is 1. The molecule has 4 rings (SSSR count). The maximum absolute atomic E-state index is 14.6. The Balaban J connectivity index is 1.83. The van der Waals surface area contributed by atoms with Crippen molar-refractivity contribution in [1.29, 1.82) is 0 Å². The van der Waals surface area contributed by atoms with Crippen molar-refractivity contribution >= 4 is 22.4 Å². The smallest absolute Gasteiger partial charge is 0.297 e. The zero-order chi connectivity index (χ0) is 28.4. The zero-order valence-electron chi connectivity index (χ0n) is 22.2. The summed E-state index contributed by atoms with van der Waals surface area (Å²) < 4.78 is 78.5. The van der Waals surface area contributed by atoms with Gasteiger partial charge >= 0.3 is 0 Å². The molecule has 0 spiro atoms. The van der Waals surface area contributed by atoms with Crippen LogP contribution in [-0.2, 0) is 25.7 Å². The van der Waals surface area contributed by atoms with E-state index >= 15 is 0 Å². The molecule has 0 saturated carbocycles. The molecular formula is C27H32F4N4O4. The van der Waals surface area contributed by atoms with Crippen molar-refractivity contribution in [2.75, 3.05) is 52.2 Å². The summed E-state index contributed by atoms with van der Waals surface area (Å²) in [6.07, 6.45) is -1.83. The lowest BCUT2D eigenvalue weighted by Crippen LogP contribution is -2.36. The molecule has 212 valence electrons. The Hall–Kier alpha value is -3.22. The lowest BCUT2D eigenvalue weighted by molar-refractivity contribution is -0.0956. The van der Waals surface area contributed by atoms with Crippen LogP contribution in [0.1, 0.15) is 54.7 Å². The molecule has 0 amide bonds. The molecule has 1 aliphatic rings. The summed E-state index contributed by atoms with van der Waals surface area (Å²) in [5.41, 5.74) is 6.37. The fraction of sp³-hybridized carbons (Fsp3) is 0.481. The summed E-state index contributed by atoms with van der Waals surface area (Å²) in [6, 6.07) is 6.73. The van der Waals surface area contributed by atoms with Gasteiger partial charge in [0.05, 0.1) is 18.7 Å². The van der Waals surface area contributed by atoms with Crippen LogP contribution < -0.4 is 15.8 Å². The van der Waals surface area contributed by atoms with Crippen LogP contribution in [0.5, 0.6) is 5.75 Å². The van der Waals surface area contributed by atoms with E-state index in [0.717, 1.165) is 0 Å². The number of alkyl halides is 4. The monoisotopic (exact) mass is 552 g/mol. The van der Waals surface area contributed by atoms with E-state index in [1.807, 2.05) is 0 Å². The fourth-order valence-corrected chi connectivity index (χ4v) is 4.88. The lowest BCUT2D eigenvalue weighted by Gasteiger charge is -2.37. The largest absolute Gasteiger partial charge is 0.496 e. The molecule has 0 radical (unpaired) electrons. The molecule has 1 aromatic heterocycles. The number of ether oxygens (including phenoxy) is 4. The molecule has 1 saturated heterocycles. The maximum atomic E-state index is 14.6. The van der Waals surface area contributed by atoms with E-state index in [4.69, 9.17) is 19.9 Å². The van der Waals surface area contributed by atoms with Gasteiger partial charge in [0.15, 0.2) is 5.82 Å². The third kappa shape index (κ3) is 5.87. The Morgan fingerprint density at radius 1 is 1.08 bits per heavy atom. The van der Waals surface area contributed by atoms with Gasteiger partial charge in [-0.1, -0.05) is 0 Å². The lowest BCUT2D eigenvalue weighted by atomic mass is 9.84. The van der Waals surface area contributed by atoms with Crippen molar-refractivity contribution in [2.24, 2.45) is 0 Å². The second kappa shape index (κ2) is 11.5. The first kappa shape index (κ1) is 28.8. The number of methoxy groups -OCH3 is 3. The average molecular weight is 553 g/mol. The predicted octanol–water partition coefficient (Wildman–Crippen LogP) is 5.72. The highest BCUT2D eigenvalue weighted by Gasteiger charge is 2.38. The number of aromatic nitrogens is 2. The van der Waals surface area contributed by atoms with Crippen LogP contribution in [0.25, 0.3) is 10.9 Å². The maximum Gasteiger partial charge on any atom is 0.297 e. The minimum Gasteiger partial charge on any atom is -0.496 e. The van der Waals surface area contributed by atoms with Gasteiger partial charge < -0.3 is 30.0 Å². The quantitative estimate of drug-likeness (QED) is 0.243. The summed E-state index contributed by atoms with van der Waals surface area (Å²) >= 11 is 0. The average Bonchev–Trinajstić information content (AvgIpc) is 2.92. The van der Waals surface area contributed by atoms with Crippen molar-refractivity contribution in [3.05, 3.63) is 52.8 Å². The number of hydrogen-bond acceptors (Lipinski definition) is 8. The van der Waals surface area contributed by atoms with E-state index in [1.165, 1.54) is 32.4 Å². The summed E-state index contributed by atoms with van der Waals surface area (Å²) in [6.45, 7) is 1.83. The number of benzene rings is 2. The number of nitrogens with two attached hydrogens (primary N) is 1. The molecule has 39 heavy (non-hydrogen) atoms. The number of nitrogen functional groups attached to an aromatic ring is 1. The van der Waals surface area contributed by atoms with Crippen LogP contribution in [0.15, 0.2) is 30.3 Å². The van der Waals surface area contributed by atoms with E-state index < -0.39 is 36.4 Å². The number of halogens is 4. The van der Waals surface area contributed by atoms with Gasteiger partial charge in [-0.3, -0.25) is 0 Å². The van der Waals surface area contributed by atoms with Gasteiger partial charge in [0, 0.05) is 68.5 Å². The zero-order valence-corrected chi connectivity index (χ0v) is 22.2. The summed E-state index contributed by atoms with van der Waals surface area (Å²) in [7, 11) is 4.27. The van der Waals surface area contributed by atoms with Crippen LogP contribution in [0, 0.1) is 0 Å². The second-order valence-corrected chi connectivity index (χ2v) is 9.50. The van der Waals surface area contributed by atoms with Gasteiger partial charge in [-0.15, -0.1) is 0 Å². The van der Waals surface area contributed by atoms with Crippen molar-refractivity contribution in [3.63, 3.8) is 0 Å². The topological polar surface area (TPSA) is 101 Å². The molecule has 3 aromatic rings. The summed E-state index contributed by atoms with van der Waals surface area (Å²) in [5.74, 6) is -3.41. The molecule has 2 heterocycles. The van der Waals surface area contributed by atoms with Crippen LogP contribution in [0.3, 0.4) is 0 Å². The van der Waals surface area contributed by atoms with Crippen molar-refractivity contribution in [2.45, 2.75) is 43.8 Å². The normalized spacial score (nSPS) is 16.4. The molecule has 0 aliphatic carbocycles. The summed E-state index contributed by atoms with van der Waals surface area (Å²) in [5, 5.41) is 3.55. The SMILES string of the molecule is COCC(F)(F)c1cc(N)cc([C@@H](C)Nc2nc(C(F)F)nc3cc(OC)c(C4(OC)CCOCC4)cc23)c1. The van der Waals surface area contributed by atoms with Crippen molar-refractivity contribution in [1.82, 2.24) is 9.97 Å². The van der Waals surface area contributed by atoms with E-state index in [0.29, 0.717) is 48.3 Å². The number of rotatable bonds is 10. The first-order valence-corrected chi connectivity index (χ1v) is 12.4. The van der Waals surface area contributed by atoms with Crippen molar-refractivity contribution in [3.8, 4) is 5.75 Å². The predicted molar refractivity (Wildman–Crippen MR) is 138 cm³/mol. The Labute approximate surface area is 223 Å². The number of nitrogens with one attached hydrogen (secondary N) is 1. The Kier molecular flexibility index (Phi) is 8.48. The van der Waals surface area contributed by atoms with Gasteiger partial charge in [-0.2, -0.15) is 8.78 Å². The fourth-order valence-electron chi connectivity index (χ4n) is 4.88. The van der Waals surface area contributed by atoms with Gasteiger partial charge in [-0.25, -0.2) is 18.7 Å². The Morgan fingerprint density at radius 2 is 1.79 bits per heavy atom. The first-order chi connectivity index (χ1) is 18.5. The molecule has 2 aromatic carbocycles. The highest BCUT2D eigenvalue weighted by molar-refractivity contribution is 5.91. The van der Waals surface area contributed by atoms with Gasteiger partial charge in [-0.05, 0) is 36.8 Å². The Bertz CT molecular complexity index is 1320. The minimum absolute atomic E-state index is 0.109. The molecule has 8 nitrogen and oxygen atoms in total. The van der Waals surface area contributed by atoms with E-state index in [9.17, 15) is 17.6 Å². The number of nitrogens with zero attached hydrogens (tertiary/aromatic N) is 2. The van der Waals surface area contributed by atoms with Crippen LogP contribution in [0.4, 0.5) is 29.1 Å². The third-order valence-corrected chi connectivity index (χ3v) is 6.99. The van der Waals surface area contributed by atoms with E-state index in [-0.39, 0.29) is 22.6 Å². The van der Waals surface area contributed by atoms with E-state index in [1.54, 1.807) is 26.2 Å². The molecule has 12 heteroatoms. The minimum atomic E-state index is -3.27. The second-order valence-electron chi connectivity index (χ2n) is 9.50. The number of anilines is 2. The van der Waals surface area contributed by atoms with Crippen LogP contribution >= 0.6 is 0 Å². The Morgan fingerprint density at radius 3 is 2.41 bits per heavy atom. The van der Waals surface area contributed by atoms with Gasteiger partial charge in [0.1, 0.15) is 23.8 Å². The van der Waals surface area contributed by atoms with Gasteiger partial charge in [0.25, 0.3) is 12.3 Å². The highest BCUT2D eigenvalue weighted by atomic mass is 19.3. The van der Waals surface area contributed by atoms with Gasteiger partial charge in [0.2, 0.25) is 0 Å². The third-order valence-electron chi connectivity index (χ3n) is 6.99. The van der Waals surface area contributed by atoms with Crippen LogP contribution in [0.2, 0.25) is 0 Å². The molecule has 3 N–H and O–H groups in total. The summed E-state index contributed by atoms with van der Waals surface area (Å²) in [4.78, 5) is 8.16. The molecule has 1 aliphatic heterocycles. The van der Waals surface area contributed by atoms with Crippen molar-refractivity contribution < 1.29 is 36.5 Å². The van der Waals surface area contributed by atoms with E-state index in [2.05, 4.69) is 20.0 Å². The molecule has 1 fully saturated rings. The molecule has 0 bridgehead atoms. The number of hydrogen-bond donors (Lipinski definition) is 2. The standard InChI is InChI=1S/C27H32F4N4O4/c1-15(16-9-17(11-18(32)10-16)27(30,31)14-36-2)33-24-19-12-20(26(38-4)5-7-39-8-6-26)22(37-3)13-21(19)34-25(35-24)23(28)29/h9-13,15,23H,5-8,14,32H2,1-4H3,(H,33,34,35)/t15-/m1/s1. The molecular weight excluding hydrogens is 520 g/mol. The van der Waals surface area contributed by atoms with Crippen LogP contribution in [-0.4, -0.2) is 51.1 Å². The first-order valence-electron chi connectivity index (χ1n) is 12.4. The molecule has 1 atom stereocenters. The molecule has 0 unspecified atom stereocenters. The highest BCUT2D eigenvalue weighted by Crippen LogP contribution is 2.43.